The molecule has 2 aliphatic rings. The minimum atomic E-state index is -0.0231. The molecule has 0 radical (unpaired) electrons. The quantitative estimate of drug-likeness (QED) is 0.922. The second kappa shape index (κ2) is 5.00. The van der Waals surface area contributed by atoms with Crippen molar-refractivity contribution < 1.29 is 14.3 Å². The third-order valence-electron chi connectivity index (χ3n) is 4.06. The average molecular weight is 275 g/mol. The maximum Gasteiger partial charge on any atom is 0.255 e. The Balaban J connectivity index is 2.14. The Kier molecular flexibility index (Phi) is 3.32. The molecule has 0 saturated heterocycles. The molecule has 2 unspecified atom stereocenters. The number of fused-ring (bicyclic) bond motifs is 3. The SMILES string of the molecule is CCOc1cc2c(c3c1CC(CC)NC3=O)OC(C)C2. The molecular formula is C16H21NO3. The molecule has 2 heterocycles. The number of ether oxygens (including phenoxy) is 2. The van der Waals surface area contributed by atoms with E-state index in [0.717, 1.165) is 41.9 Å². The van der Waals surface area contributed by atoms with Crippen molar-refractivity contribution in [2.24, 2.45) is 0 Å². The largest absolute Gasteiger partial charge is 0.494 e. The third kappa shape index (κ3) is 2.03. The highest BCUT2D eigenvalue weighted by Crippen LogP contribution is 2.41. The summed E-state index contributed by atoms with van der Waals surface area (Å²) in [4.78, 5) is 12.4. The van der Waals surface area contributed by atoms with Crippen molar-refractivity contribution in [3.05, 3.63) is 22.8 Å². The summed E-state index contributed by atoms with van der Waals surface area (Å²) in [6, 6.07) is 2.25. The van der Waals surface area contributed by atoms with Gasteiger partial charge in [0.2, 0.25) is 0 Å². The van der Waals surface area contributed by atoms with Gasteiger partial charge in [0, 0.05) is 23.6 Å². The van der Waals surface area contributed by atoms with Crippen molar-refractivity contribution in [1.29, 1.82) is 0 Å². The molecule has 3 rings (SSSR count). The number of rotatable bonds is 3. The summed E-state index contributed by atoms with van der Waals surface area (Å²) >= 11 is 0. The molecule has 20 heavy (non-hydrogen) atoms. The second-order valence-corrected chi connectivity index (χ2v) is 5.56. The standard InChI is InChI=1S/C16H21NO3/c1-4-11-8-12-13(19-5-2)7-10-6-9(3)20-15(10)14(12)16(18)17-11/h7,9,11H,4-6,8H2,1-3H3,(H,17,18). The van der Waals surface area contributed by atoms with Gasteiger partial charge in [-0.3, -0.25) is 4.79 Å². The van der Waals surface area contributed by atoms with Gasteiger partial charge in [-0.25, -0.2) is 0 Å². The Morgan fingerprint density at radius 2 is 2.20 bits per heavy atom. The molecule has 0 fully saturated rings. The molecule has 2 atom stereocenters. The van der Waals surface area contributed by atoms with Gasteiger partial charge in [-0.05, 0) is 32.8 Å². The Morgan fingerprint density at radius 1 is 1.40 bits per heavy atom. The summed E-state index contributed by atoms with van der Waals surface area (Å²) in [6.45, 7) is 6.70. The van der Waals surface area contributed by atoms with Crippen molar-refractivity contribution in [3.63, 3.8) is 0 Å². The summed E-state index contributed by atoms with van der Waals surface area (Å²) in [5.74, 6) is 1.60. The van der Waals surface area contributed by atoms with Crippen LogP contribution in [0.15, 0.2) is 6.07 Å². The van der Waals surface area contributed by atoms with Crippen LogP contribution < -0.4 is 14.8 Å². The van der Waals surface area contributed by atoms with E-state index < -0.39 is 0 Å². The highest BCUT2D eigenvalue weighted by molar-refractivity contribution is 6.01. The van der Waals surface area contributed by atoms with Gasteiger partial charge in [0.25, 0.3) is 5.91 Å². The first kappa shape index (κ1) is 13.3. The molecule has 1 aromatic carbocycles. The topological polar surface area (TPSA) is 47.6 Å². The van der Waals surface area contributed by atoms with Crippen LogP contribution in [0.4, 0.5) is 0 Å². The van der Waals surface area contributed by atoms with E-state index >= 15 is 0 Å². The fourth-order valence-electron chi connectivity index (χ4n) is 3.10. The van der Waals surface area contributed by atoms with Crippen molar-refractivity contribution in [2.75, 3.05) is 6.61 Å². The zero-order valence-corrected chi connectivity index (χ0v) is 12.3. The van der Waals surface area contributed by atoms with Crippen LogP contribution in [0.25, 0.3) is 0 Å². The lowest BCUT2D eigenvalue weighted by Gasteiger charge is -2.27. The summed E-state index contributed by atoms with van der Waals surface area (Å²) in [5, 5.41) is 3.06. The Labute approximate surface area is 119 Å². The molecular weight excluding hydrogens is 254 g/mol. The normalized spacial score (nSPS) is 23.6. The van der Waals surface area contributed by atoms with E-state index in [0.29, 0.717) is 12.2 Å². The first-order valence-corrected chi connectivity index (χ1v) is 7.43. The van der Waals surface area contributed by atoms with Crippen LogP contribution in [0.5, 0.6) is 11.5 Å². The number of carbonyl (C=O) groups is 1. The summed E-state index contributed by atoms with van der Waals surface area (Å²) in [6.07, 6.45) is 2.71. The van der Waals surface area contributed by atoms with Crippen LogP contribution >= 0.6 is 0 Å². The van der Waals surface area contributed by atoms with Crippen LogP contribution in [0, 0.1) is 0 Å². The van der Waals surface area contributed by atoms with Crippen LogP contribution in [0.1, 0.15) is 48.7 Å². The average Bonchev–Trinajstić information content (AvgIpc) is 2.78. The molecule has 2 aliphatic heterocycles. The van der Waals surface area contributed by atoms with Crippen LogP contribution in [0.2, 0.25) is 0 Å². The highest BCUT2D eigenvalue weighted by atomic mass is 16.5. The molecule has 4 nitrogen and oxygen atoms in total. The number of hydrogen-bond acceptors (Lipinski definition) is 3. The molecule has 0 spiro atoms. The minimum Gasteiger partial charge on any atom is -0.494 e. The molecule has 0 saturated carbocycles. The van der Waals surface area contributed by atoms with Crippen molar-refractivity contribution >= 4 is 5.91 Å². The lowest BCUT2D eigenvalue weighted by atomic mass is 9.90. The van der Waals surface area contributed by atoms with E-state index in [9.17, 15) is 4.79 Å². The predicted molar refractivity (Wildman–Crippen MR) is 76.7 cm³/mol. The van der Waals surface area contributed by atoms with Gasteiger partial charge in [0.05, 0.1) is 12.2 Å². The monoisotopic (exact) mass is 275 g/mol. The van der Waals surface area contributed by atoms with Gasteiger partial charge < -0.3 is 14.8 Å². The maximum absolute atomic E-state index is 12.4. The number of carbonyl (C=O) groups excluding carboxylic acids is 1. The number of benzene rings is 1. The van der Waals surface area contributed by atoms with E-state index in [4.69, 9.17) is 9.47 Å². The van der Waals surface area contributed by atoms with Crippen LogP contribution in [-0.2, 0) is 12.8 Å². The first-order chi connectivity index (χ1) is 9.63. The third-order valence-corrected chi connectivity index (χ3v) is 4.06. The molecule has 0 bridgehead atoms. The van der Waals surface area contributed by atoms with Gasteiger partial charge >= 0.3 is 0 Å². The molecule has 0 aromatic heterocycles. The number of hydrogen-bond donors (Lipinski definition) is 1. The van der Waals surface area contributed by atoms with Gasteiger partial charge in [-0.1, -0.05) is 6.92 Å². The Hall–Kier alpha value is -1.71. The van der Waals surface area contributed by atoms with E-state index in [2.05, 4.69) is 18.3 Å². The fourth-order valence-corrected chi connectivity index (χ4v) is 3.10. The van der Waals surface area contributed by atoms with E-state index in [1.165, 1.54) is 0 Å². The first-order valence-electron chi connectivity index (χ1n) is 7.43. The van der Waals surface area contributed by atoms with Gasteiger partial charge in [-0.2, -0.15) is 0 Å². The molecule has 1 amide bonds. The Morgan fingerprint density at radius 3 is 2.90 bits per heavy atom. The zero-order chi connectivity index (χ0) is 14.3. The van der Waals surface area contributed by atoms with Crippen LogP contribution in [0.3, 0.4) is 0 Å². The number of nitrogens with one attached hydrogen (secondary N) is 1. The van der Waals surface area contributed by atoms with Gasteiger partial charge in [0.15, 0.2) is 0 Å². The molecule has 108 valence electrons. The second-order valence-electron chi connectivity index (χ2n) is 5.56. The van der Waals surface area contributed by atoms with Crippen molar-refractivity contribution in [1.82, 2.24) is 5.32 Å². The lowest BCUT2D eigenvalue weighted by Crippen LogP contribution is -2.41. The lowest BCUT2D eigenvalue weighted by molar-refractivity contribution is 0.0917. The van der Waals surface area contributed by atoms with Gasteiger partial charge in [-0.15, -0.1) is 0 Å². The van der Waals surface area contributed by atoms with Crippen LogP contribution in [-0.4, -0.2) is 24.7 Å². The minimum absolute atomic E-state index is 0.0231. The van der Waals surface area contributed by atoms with E-state index in [1.54, 1.807) is 0 Å². The molecule has 0 aliphatic carbocycles. The van der Waals surface area contributed by atoms with Gasteiger partial charge in [0.1, 0.15) is 17.6 Å². The summed E-state index contributed by atoms with van der Waals surface area (Å²) in [5.41, 5.74) is 2.79. The predicted octanol–water partition coefficient (Wildman–Crippen LogP) is 2.47. The fraction of sp³-hybridized carbons (Fsp3) is 0.562. The molecule has 1 N–H and O–H groups in total. The maximum atomic E-state index is 12.4. The van der Waals surface area contributed by atoms with Crippen molar-refractivity contribution in [2.45, 2.75) is 52.2 Å². The summed E-state index contributed by atoms with van der Waals surface area (Å²) < 4.78 is 11.6. The smallest absolute Gasteiger partial charge is 0.255 e. The summed E-state index contributed by atoms with van der Waals surface area (Å²) in [7, 11) is 0. The van der Waals surface area contributed by atoms with Crippen molar-refractivity contribution in [3.8, 4) is 11.5 Å². The number of amides is 1. The highest BCUT2D eigenvalue weighted by Gasteiger charge is 2.34. The van der Waals surface area contributed by atoms with E-state index in [-0.39, 0.29) is 18.1 Å². The van der Waals surface area contributed by atoms with E-state index in [1.807, 2.05) is 13.8 Å². The molecule has 1 aromatic rings. The zero-order valence-electron chi connectivity index (χ0n) is 12.3. The Bertz CT molecular complexity index is 553. The molecule has 4 heteroatoms.